The lowest BCUT2D eigenvalue weighted by Gasteiger charge is -2.36. The van der Waals surface area contributed by atoms with Crippen LogP contribution in [0.25, 0.3) is 0 Å². The maximum atomic E-state index is 11.5. The van der Waals surface area contributed by atoms with Crippen LogP contribution in [-0.4, -0.2) is 11.9 Å². The summed E-state index contributed by atoms with van der Waals surface area (Å²) in [7, 11) is 0. The highest BCUT2D eigenvalue weighted by Gasteiger charge is 2.31. The number of amides is 1. The summed E-state index contributed by atoms with van der Waals surface area (Å²) in [6.07, 6.45) is 11.0. The Morgan fingerprint density at radius 1 is 1.18 bits per heavy atom. The standard InChI is InChI=1S/C13H21N3O/c14-13(15)16-12(17)8-9-5-6-10-3-1-2-4-11(10)7-9/h1-2,9-11H,3-8H2,(H4,14,15,16,17). The van der Waals surface area contributed by atoms with Gasteiger partial charge in [0.1, 0.15) is 0 Å². The van der Waals surface area contributed by atoms with Gasteiger partial charge >= 0.3 is 0 Å². The Morgan fingerprint density at radius 3 is 2.59 bits per heavy atom. The second-order valence-corrected chi connectivity index (χ2v) is 5.28. The number of carbonyl (C=O) groups excluding carboxylic acids is 1. The number of nitrogens with zero attached hydrogens (tertiary/aromatic N) is 1. The van der Waals surface area contributed by atoms with E-state index >= 15 is 0 Å². The van der Waals surface area contributed by atoms with Gasteiger partial charge in [-0.05, 0) is 49.9 Å². The molecule has 94 valence electrons. The lowest BCUT2D eigenvalue weighted by molar-refractivity contribution is -0.119. The fourth-order valence-corrected chi connectivity index (χ4v) is 3.19. The predicted molar refractivity (Wildman–Crippen MR) is 68.1 cm³/mol. The van der Waals surface area contributed by atoms with Gasteiger partial charge in [0.05, 0.1) is 0 Å². The fraction of sp³-hybridized carbons (Fsp3) is 0.692. The molecule has 2 rings (SSSR count). The van der Waals surface area contributed by atoms with Crippen molar-refractivity contribution in [3.63, 3.8) is 0 Å². The Labute approximate surface area is 102 Å². The summed E-state index contributed by atoms with van der Waals surface area (Å²) >= 11 is 0. The highest BCUT2D eigenvalue weighted by atomic mass is 16.1. The van der Waals surface area contributed by atoms with Gasteiger partial charge in [0.2, 0.25) is 5.91 Å². The largest absolute Gasteiger partial charge is 0.370 e. The quantitative estimate of drug-likeness (QED) is 0.433. The topological polar surface area (TPSA) is 81.5 Å². The Morgan fingerprint density at radius 2 is 1.88 bits per heavy atom. The van der Waals surface area contributed by atoms with Crippen molar-refractivity contribution in [2.75, 3.05) is 0 Å². The zero-order valence-corrected chi connectivity index (χ0v) is 10.1. The average molecular weight is 235 g/mol. The number of hydrogen-bond acceptors (Lipinski definition) is 1. The van der Waals surface area contributed by atoms with Gasteiger partial charge in [-0.2, -0.15) is 4.99 Å². The van der Waals surface area contributed by atoms with E-state index in [0.717, 1.165) is 24.7 Å². The van der Waals surface area contributed by atoms with Crippen molar-refractivity contribution >= 4 is 11.9 Å². The molecule has 17 heavy (non-hydrogen) atoms. The molecule has 0 spiro atoms. The molecule has 3 atom stereocenters. The lowest BCUT2D eigenvalue weighted by atomic mass is 9.69. The van der Waals surface area contributed by atoms with E-state index in [4.69, 9.17) is 11.5 Å². The smallest absolute Gasteiger partial charge is 0.249 e. The molecule has 2 aliphatic carbocycles. The van der Waals surface area contributed by atoms with E-state index in [1.54, 1.807) is 0 Å². The van der Waals surface area contributed by atoms with Gasteiger partial charge in [-0.25, -0.2) is 0 Å². The van der Waals surface area contributed by atoms with Gasteiger partial charge in [0.15, 0.2) is 5.96 Å². The molecular formula is C13H21N3O. The maximum absolute atomic E-state index is 11.5. The Balaban J connectivity index is 1.86. The van der Waals surface area contributed by atoms with E-state index in [1.807, 2.05) is 0 Å². The summed E-state index contributed by atoms with van der Waals surface area (Å²) in [6, 6.07) is 0. The first kappa shape index (κ1) is 12.1. The first-order chi connectivity index (χ1) is 8.15. The SMILES string of the molecule is NC(N)=NC(=O)CC1CCC2CC=CCC2C1. The van der Waals surface area contributed by atoms with Crippen molar-refractivity contribution in [3.05, 3.63) is 12.2 Å². The molecule has 0 saturated heterocycles. The number of fused-ring (bicyclic) bond motifs is 1. The molecule has 4 nitrogen and oxygen atoms in total. The molecule has 1 saturated carbocycles. The van der Waals surface area contributed by atoms with E-state index in [-0.39, 0.29) is 11.9 Å². The third-order valence-electron chi connectivity index (χ3n) is 4.01. The second-order valence-electron chi connectivity index (χ2n) is 5.28. The average Bonchev–Trinajstić information content (AvgIpc) is 2.27. The van der Waals surface area contributed by atoms with E-state index in [9.17, 15) is 4.79 Å². The van der Waals surface area contributed by atoms with E-state index in [0.29, 0.717) is 12.3 Å². The van der Waals surface area contributed by atoms with Crippen LogP contribution in [0.3, 0.4) is 0 Å². The van der Waals surface area contributed by atoms with Gasteiger partial charge in [-0.3, -0.25) is 4.79 Å². The van der Waals surface area contributed by atoms with Crippen LogP contribution in [0.4, 0.5) is 0 Å². The minimum Gasteiger partial charge on any atom is -0.370 e. The van der Waals surface area contributed by atoms with Crippen LogP contribution >= 0.6 is 0 Å². The van der Waals surface area contributed by atoms with E-state index in [1.165, 1.54) is 19.3 Å². The molecule has 4 N–H and O–H groups in total. The van der Waals surface area contributed by atoms with Gasteiger partial charge in [0.25, 0.3) is 0 Å². The second kappa shape index (κ2) is 5.34. The Bertz CT molecular complexity index is 345. The number of carbonyl (C=O) groups is 1. The molecule has 0 heterocycles. The summed E-state index contributed by atoms with van der Waals surface area (Å²) < 4.78 is 0. The number of nitrogens with two attached hydrogens (primary N) is 2. The highest BCUT2D eigenvalue weighted by molar-refractivity contribution is 5.91. The molecule has 0 aromatic heterocycles. The van der Waals surface area contributed by atoms with Crippen LogP contribution in [0.2, 0.25) is 0 Å². The van der Waals surface area contributed by atoms with Crippen molar-refractivity contribution in [2.45, 2.75) is 38.5 Å². The lowest BCUT2D eigenvalue weighted by Crippen LogP contribution is -2.28. The van der Waals surface area contributed by atoms with Crippen molar-refractivity contribution in [3.8, 4) is 0 Å². The molecule has 0 aromatic rings. The number of aliphatic imine (C=N–C) groups is 1. The molecule has 0 bridgehead atoms. The predicted octanol–water partition coefficient (Wildman–Crippen LogP) is 1.56. The van der Waals surface area contributed by atoms with Gasteiger partial charge in [0, 0.05) is 6.42 Å². The molecule has 2 aliphatic rings. The number of hydrogen-bond donors (Lipinski definition) is 2. The first-order valence-corrected chi connectivity index (χ1v) is 6.42. The summed E-state index contributed by atoms with van der Waals surface area (Å²) in [5.74, 6) is 1.79. The van der Waals surface area contributed by atoms with Crippen molar-refractivity contribution < 1.29 is 4.79 Å². The number of rotatable bonds is 2. The molecule has 0 aliphatic heterocycles. The summed E-state index contributed by atoms with van der Waals surface area (Å²) in [6.45, 7) is 0. The molecule has 1 amide bonds. The fourth-order valence-electron chi connectivity index (χ4n) is 3.19. The summed E-state index contributed by atoms with van der Waals surface area (Å²) in [5.41, 5.74) is 10.4. The number of allylic oxidation sites excluding steroid dienone is 2. The first-order valence-electron chi connectivity index (χ1n) is 6.42. The zero-order chi connectivity index (χ0) is 12.3. The highest BCUT2D eigenvalue weighted by Crippen LogP contribution is 2.41. The normalized spacial score (nSPS) is 31.6. The van der Waals surface area contributed by atoms with Crippen molar-refractivity contribution in [1.82, 2.24) is 0 Å². The molecule has 0 radical (unpaired) electrons. The molecule has 0 aromatic carbocycles. The van der Waals surface area contributed by atoms with Crippen molar-refractivity contribution in [2.24, 2.45) is 34.2 Å². The molecule has 1 fully saturated rings. The third kappa shape index (κ3) is 3.32. The molecule has 3 unspecified atom stereocenters. The molecular weight excluding hydrogens is 214 g/mol. The van der Waals surface area contributed by atoms with Crippen LogP contribution in [-0.2, 0) is 4.79 Å². The third-order valence-corrected chi connectivity index (χ3v) is 4.01. The van der Waals surface area contributed by atoms with Crippen LogP contribution in [0.5, 0.6) is 0 Å². The zero-order valence-electron chi connectivity index (χ0n) is 10.1. The monoisotopic (exact) mass is 235 g/mol. The van der Waals surface area contributed by atoms with Crippen LogP contribution in [0, 0.1) is 17.8 Å². The van der Waals surface area contributed by atoms with Gasteiger partial charge < -0.3 is 11.5 Å². The van der Waals surface area contributed by atoms with Gasteiger partial charge in [-0.1, -0.05) is 12.2 Å². The summed E-state index contributed by atoms with van der Waals surface area (Å²) in [4.78, 5) is 15.1. The van der Waals surface area contributed by atoms with Crippen molar-refractivity contribution in [1.29, 1.82) is 0 Å². The maximum Gasteiger partial charge on any atom is 0.249 e. The van der Waals surface area contributed by atoms with Gasteiger partial charge in [-0.15, -0.1) is 0 Å². The van der Waals surface area contributed by atoms with Crippen LogP contribution in [0.1, 0.15) is 38.5 Å². The van der Waals surface area contributed by atoms with Crippen LogP contribution < -0.4 is 11.5 Å². The number of guanidine groups is 1. The minimum atomic E-state index is -0.167. The van der Waals surface area contributed by atoms with E-state index in [2.05, 4.69) is 17.1 Å². The Kier molecular flexibility index (Phi) is 3.82. The summed E-state index contributed by atoms with van der Waals surface area (Å²) in [5, 5.41) is 0. The Hall–Kier alpha value is -1.32. The van der Waals surface area contributed by atoms with E-state index < -0.39 is 0 Å². The van der Waals surface area contributed by atoms with Crippen LogP contribution in [0.15, 0.2) is 17.1 Å². The molecule has 4 heteroatoms. The minimum absolute atomic E-state index is 0.121.